The number of ether oxygens (including phenoxy) is 4. The Labute approximate surface area is 123 Å². The van der Waals surface area contributed by atoms with Crippen molar-refractivity contribution in [3.63, 3.8) is 0 Å². The molecule has 0 saturated carbocycles. The van der Waals surface area contributed by atoms with Crippen molar-refractivity contribution in [1.82, 2.24) is 0 Å². The van der Waals surface area contributed by atoms with Gasteiger partial charge in [0, 0.05) is 17.8 Å². The van der Waals surface area contributed by atoms with Gasteiger partial charge in [0.1, 0.15) is 24.7 Å². The molecule has 2 aromatic rings. The second-order valence-corrected chi connectivity index (χ2v) is 4.55. The standard InChI is InChI=1S/C16H17NO4/c1-18-12-5-3-11(4-6-12)17-13-9-15-16(10-14(13)19-2)21-8-7-20-15/h3-6,9-10,17H,7-8H2,1-2H3. The average Bonchev–Trinajstić information content (AvgIpc) is 2.55. The Morgan fingerprint density at radius 1 is 0.905 bits per heavy atom. The molecule has 5 nitrogen and oxygen atoms in total. The smallest absolute Gasteiger partial charge is 0.165 e. The third-order valence-electron chi connectivity index (χ3n) is 3.23. The first-order valence-corrected chi connectivity index (χ1v) is 6.69. The van der Waals surface area contributed by atoms with Crippen LogP contribution in [0.2, 0.25) is 0 Å². The van der Waals surface area contributed by atoms with E-state index in [-0.39, 0.29) is 0 Å². The molecule has 0 aromatic heterocycles. The van der Waals surface area contributed by atoms with E-state index in [0.717, 1.165) is 22.9 Å². The van der Waals surface area contributed by atoms with Gasteiger partial charge in [-0.05, 0) is 24.3 Å². The van der Waals surface area contributed by atoms with Crippen molar-refractivity contribution >= 4 is 11.4 Å². The van der Waals surface area contributed by atoms with Crippen LogP contribution in [0, 0.1) is 0 Å². The highest BCUT2D eigenvalue weighted by Crippen LogP contribution is 2.40. The molecular weight excluding hydrogens is 270 g/mol. The zero-order valence-electron chi connectivity index (χ0n) is 12.0. The van der Waals surface area contributed by atoms with Gasteiger partial charge in [-0.3, -0.25) is 0 Å². The summed E-state index contributed by atoms with van der Waals surface area (Å²) < 4.78 is 21.7. The molecule has 0 radical (unpaired) electrons. The summed E-state index contributed by atoms with van der Waals surface area (Å²) in [5.41, 5.74) is 1.76. The Bertz CT molecular complexity index is 625. The first-order valence-electron chi connectivity index (χ1n) is 6.69. The number of rotatable bonds is 4. The summed E-state index contributed by atoms with van der Waals surface area (Å²) in [5, 5.41) is 3.31. The fraction of sp³-hybridized carbons (Fsp3) is 0.250. The minimum Gasteiger partial charge on any atom is -0.497 e. The molecule has 2 aromatic carbocycles. The number of benzene rings is 2. The first kappa shape index (κ1) is 13.4. The number of anilines is 2. The number of hydrogen-bond acceptors (Lipinski definition) is 5. The molecule has 5 heteroatoms. The van der Waals surface area contributed by atoms with Gasteiger partial charge in [-0.25, -0.2) is 0 Å². The molecule has 0 bridgehead atoms. The number of fused-ring (bicyclic) bond motifs is 1. The average molecular weight is 287 g/mol. The van der Waals surface area contributed by atoms with Gasteiger partial charge in [0.25, 0.3) is 0 Å². The molecule has 0 saturated heterocycles. The highest BCUT2D eigenvalue weighted by atomic mass is 16.6. The zero-order valence-corrected chi connectivity index (χ0v) is 12.0. The zero-order chi connectivity index (χ0) is 14.7. The molecule has 1 aliphatic rings. The van der Waals surface area contributed by atoms with E-state index in [1.807, 2.05) is 36.4 Å². The molecule has 3 rings (SSSR count). The van der Waals surface area contributed by atoms with Gasteiger partial charge in [-0.2, -0.15) is 0 Å². The van der Waals surface area contributed by atoms with Gasteiger partial charge >= 0.3 is 0 Å². The largest absolute Gasteiger partial charge is 0.497 e. The topological polar surface area (TPSA) is 49.0 Å². The molecular formula is C16H17NO4. The number of hydrogen-bond donors (Lipinski definition) is 1. The van der Waals surface area contributed by atoms with Crippen LogP contribution in [0.4, 0.5) is 11.4 Å². The normalized spacial score (nSPS) is 12.7. The Kier molecular flexibility index (Phi) is 3.73. The Morgan fingerprint density at radius 2 is 1.57 bits per heavy atom. The van der Waals surface area contributed by atoms with Crippen LogP contribution in [0.1, 0.15) is 0 Å². The maximum atomic E-state index is 5.60. The second-order valence-electron chi connectivity index (χ2n) is 4.55. The maximum absolute atomic E-state index is 5.60. The van der Waals surface area contributed by atoms with E-state index < -0.39 is 0 Å². The van der Waals surface area contributed by atoms with Crippen molar-refractivity contribution in [3.8, 4) is 23.0 Å². The monoisotopic (exact) mass is 287 g/mol. The van der Waals surface area contributed by atoms with Crippen LogP contribution in [-0.4, -0.2) is 27.4 Å². The van der Waals surface area contributed by atoms with Gasteiger partial charge in [0.2, 0.25) is 0 Å². The van der Waals surface area contributed by atoms with E-state index in [1.54, 1.807) is 14.2 Å². The summed E-state index contributed by atoms with van der Waals surface area (Å²) in [6.07, 6.45) is 0. The van der Waals surface area contributed by atoms with Crippen molar-refractivity contribution in [1.29, 1.82) is 0 Å². The lowest BCUT2D eigenvalue weighted by molar-refractivity contribution is 0.171. The molecule has 0 atom stereocenters. The van der Waals surface area contributed by atoms with E-state index >= 15 is 0 Å². The van der Waals surface area contributed by atoms with Crippen LogP contribution in [0.15, 0.2) is 36.4 Å². The van der Waals surface area contributed by atoms with E-state index in [9.17, 15) is 0 Å². The Hall–Kier alpha value is -2.56. The summed E-state index contributed by atoms with van der Waals surface area (Å²) in [6.45, 7) is 1.11. The van der Waals surface area contributed by atoms with Gasteiger partial charge in [-0.15, -0.1) is 0 Å². The molecule has 0 aliphatic carbocycles. The minimum absolute atomic E-state index is 0.557. The van der Waals surface area contributed by atoms with Crippen LogP contribution in [-0.2, 0) is 0 Å². The predicted molar refractivity (Wildman–Crippen MR) is 80.3 cm³/mol. The summed E-state index contributed by atoms with van der Waals surface area (Å²) >= 11 is 0. The molecule has 0 amide bonds. The van der Waals surface area contributed by atoms with Crippen molar-refractivity contribution in [3.05, 3.63) is 36.4 Å². The van der Waals surface area contributed by atoms with Crippen LogP contribution < -0.4 is 24.3 Å². The third kappa shape index (κ3) is 2.81. The van der Waals surface area contributed by atoms with Crippen molar-refractivity contribution < 1.29 is 18.9 Å². The lowest BCUT2D eigenvalue weighted by Crippen LogP contribution is -2.15. The fourth-order valence-electron chi connectivity index (χ4n) is 2.17. The minimum atomic E-state index is 0.557. The van der Waals surface area contributed by atoms with Crippen molar-refractivity contribution in [2.24, 2.45) is 0 Å². The summed E-state index contributed by atoms with van der Waals surface area (Å²) in [7, 11) is 3.27. The van der Waals surface area contributed by atoms with Crippen LogP contribution in [0.3, 0.4) is 0 Å². The molecule has 110 valence electrons. The first-order chi connectivity index (χ1) is 10.3. The number of methoxy groups -OCH3 is 2. The van der Waals surface area contributed by atoms with Gasteiger partial charge < -0.3 is 24.3 Å². The molecule has 0 fully saturated rings. The molecule has 1 N–H and O–H groups in total. The quantitative estimate of drug-likeness (QED) is 0.935. The second kappa shape index (κ2) is 5.83. The maximum Gasteiger partial charge on any atom is 0.165 e. The molecule has 0 spiro atoms. The summed E-state index contributed by atoms with van der Waals surface area (Å²) in [6, 6.07) is 11.4. The number of nitrogens with one attached hydrogen (secondary N) is 1. The van der Waals surface area contributed by atoms with E-state index in [2.05, 4.69) is 5.32 Å². The molecule has 0 unspecified atom stereocenters. The van der Waals surface area contributed by atoms with Crippen LogP contribution in [0.5, 0.6) is 23.0 Å². The van der Waals surface area contributed by atoms with Crippen molar-refractivity contribution in [2.75, 3.05) is 32.8 Å². The molecule has 21 heavy (non-hydrogen) atoms. The van der Waals surface area contributed by atoms with E-state index in [4.69, 9.17) is 18.9 Å². The predicted octanol–water partition coefficient (Wildman–Crippen LogP) is 3.22. The van der Waals surface area contributed by atoms with E-state index in [0.29, 0.717) is 24.7 Å². The SMILES string of the molecule is COc1ccc(Nc2cc3c(cc2OC)OCCO3)cc1. The highest BCUT2D eigenvalue weighted by Gasteiger charge is 2.16. The van der Waals surface area contributed by atoms with Gasteiger partial charge in [-0.1, -0.05) is 0 Å². The van der Waals surface area contributed by atoms with Crippen molar-refractivity contribution in [2.45, 2.75) is 0 Å². The van der Waals surface area contributed by atoms with Gasteiger partial charge in [0.05, 0.1) is 19.9 Å². The molecule has 1 aliphatic heterocycles. The van der Waals surface area contributed by atoms with Gasteiger partial charge in [0.15, 0.2) is 11.5 Å². The summed E-state index contributed by atoms with van der Waals surface area (Å²) in [4.78, 5) is 0. The Balaban J connectivity index is 1.89. The van der Waals surface area contributed by atoms with E-state index in [1.165, 1.54) is 0 Å². The fourth-order valence-corrected chi connectivity index (χ4v) is 2.17. The third-order valence-corrected chi connectivity index (χ3v) is 3.23. The highest BCUT2D eigenvalue weighted by molar-refractivity contribution is 5.71. The summed E-state index contributed by atoms with van der Waals surface area (Å²) in [5.74, 6) is 2.95. The lowest BCUT2D eigenvalue weighted by atomic mass is 10.2. The molecule has 1 heterocycles. The lowest BCUT2D eigenvalue weighted by Gasteiger charge is -2.21. The van der Waals surface area contributed by atoms with Crippen LogP contribution in [0.25, 0.3) is 0 Å². The Morgan fingerprint density at radius 3 is 2.19 bits per heavy atom. The van der Waals surface area contributed by atoms with Crippen LogP contribution >= 0.6 is 0 Å².